The average Bonchev–Trinajstić information content (AvgIpc) is 2.74. The summed E-state index contributed by atoms with van der Waals surface area (Å²) in [5.41, 5.74) is 0.198. The molecule has 2 rings (SSSR count). The minimum Gasteiger partial charge on any atom is -0.469 e. The van der Waals surface area contributed by atoms with Crippen molar-refractivity contribution in [1.29, 1.82) is 0 Å². The smallest absolute Gasteiger partial charge is 0.339 e. The maximum absolute atomic E-state index is 12.3. The quantitative estimate of drug-likeness (QED) is 0.354. The molecule has 1 fully saturated rings. The zero-order valence-corrected chi connectivity index (χ0v) is 16.6. The molecule has 2 atom stereocenters. The first-order valence-corrected chi connectivity index (χ1v) is 8.99. The van der Waals surface area contributed by atoms with Crippen molar-refractivity contribution in [2.24, 2.45) is 11.8 Å². The highest BCUT2D eigenvalue weighted by Crippen LogP contribution is 2.23. The fraction of sp³-hybridized carbons (Fsp3) is 0.526. The monoisotopic (exact) mass is 408 g/mol. The number of rotatable bonds is 7. The first-order chi connectivity index (χ1) is 13.8. The summed E-state index contributed by atoms with van der Waals surface area (Å²) in [6, 6.07) is 1.30. The Bertz CT molecular complexity index is 766. The summed E-state index contributed by atoms with van der Waals surface area (Å²) in [5.74, 6) is -2.99. The minimum atomic E-state index is -0.706. The van der Waals surface area contributed by atoms with Crippen molar-refractivity contribution in [3.63, 3.8) is 0 Å². The summed E-state index contributed by atoms with van der Waals surface area (Å²) in [4.78, 5) is 53.2. The van der Waals surface area contributed by atoms with Crippen LogP contribution in [-0.4, -0.2) is 81.3 Å². The Morgan fingerprint density at radius 3 is 2.14 bits per heavy atom. The Labute approximate surface area is 168 Å². The fourth-order valence-corrected chi connectivity index (χ4v) is 3.09. The van der Waals surface area contributed by atoms with Crippen LogP contribution in [0.15, 0.2) is 18.5 Å². The molecular formula is C19H24N2O8. The van der Waals surface area contributed by atoms with Gasteiger partial charge in [0, 0.05) is 25.5 Å². The maximum Gasteiger partial charge on any atom is 0.339 e. The molecule has 10 heteroatoms. The Kier molecular flexibility index (Phi) is 8.08. The van der Waals surface area contributed by atoms with Gasteiger partial charge in [0.25, 0.3) is 0 Å². The molecule has 10 nitrogen and oxygen atoms in total. The van der Waals surface area contributed by atoms with Crippen LogP contribution in [0.3, 0.4) is 0 Å². The number of pyridine rings is 1. The molecule has 1 aromatic rings. The van der Waals surface area contributed by atoms with Gasteiger partial charge >= 0.3 is 23.9 Å². The van der Waals surface area contributed by atoms with Crippen molar-refractivity contribution in [3.05, 3.63) is 29.6 Å². The third-order valence-electron chi connectivity index (χ3n) is 4.46. The Morgan fingerprint density at radius 1 is 0.931 bits per heavy atom. The van der Waals surface area contributed by atoms with Gasteiger partial charge in [-0.25, -0.2) is 9.59 Å². The fourth-order valence-electron chi connectivity index (χ4n) is 3.09. The summed E-state index contributed by atoms with van der Waals surface area (Å²) in [6.45, 7) is 0.707. The van der Waals surface area contributed by atoms with Gasteiger partial charge in [-0.05, 0) is 19.5 Å². The van der Waals surface area contributed by atoms with Gasteiger partial charge in [0.1, 0.15) is 13.2 Å². The van der Waals surface area contributed by atoms with E-state index in [4.69, 9.17) is 14.2 Å². The maximum atomic E-state index is 12.3. The number of likely N-dealkylation sites (tertiary alicyclic amines) is 1. The van der Waals surface area contributed by atoms with Crippen LogP contribution in [0.5, 0.6) is 0 Å². The molecule has 29 heavy (non-hydrogen) atoms. The molecule has 0 saturated carbocycles. The van der Waals surface area contributed by atoms with Crippen molar-refractivity contribution in [2.75, 3.05) is 47.6 Å². The summed E-state index contributed by atoms with van der Waals surface area (Å²) in [6.07, 6.45) is 2.88. The van der Waals surface area contributed by atoms with E-state index in [0.717, 1.165) is 0 Å². The third kappa shape index (κ3) is 6.24. The Morgan fingerprint density at radius 2 is 1.52 bits per heavy atom. The summed E-state index contributed by atoms with van der Waals surface area (Å²) in [5, 5.41) is 0. The number of ether oxygens (including phenoxy) is 4. The molecule has 0 amide bonds. The number of esters is 4. The minimum absolute atomic E-state index is 0.0778. The molecule has 0 radical (unpaired) electrons. The molecule has 1 aromatic heterocycles. The first kappa shape index (κ1) is 22.3. The van der Waals surface area contributed by atoms with E-state index >= 15 is 0 Å². The normalized spacial score (nSPS) is 19.1. The van der Waals surface area contributed by atoms with E-state index in [1.165, 1.54) is 32.7 Å². The number of methoxy groups -OCH3 is 2. The van der Waals surface area contributed by atoms with Crippen LogP contribution in [0.25, 0.3) is 0 Å². The summed E-state index contributed by atoms with van der Waals surface area (Å²) in [7, 11) is 4.35. The number of hydrogen-bond donors (Lipinski definition) is 0. The molecule has 1 aliphatic rings. The molecule has 0 spiro atoms. The number of carbonyl (C=O) groups excluding carboxylic acids is 4. The van der Waals surface area contributed by atoms with Gasteiger partial charge in [-0.3, -0.25) is 14.6 Å². The van der Waals surface area contributed by atoms with Gasteiger partial charge in [-0.2, -0.15) is 0 Å². The standard InChI is InChI=1S/C19H24N2O8/c1-21-10-14(17(23)27-3)7-15(11-21)19(25)29-5-4-28-18(24)13-6-12(8-20-9-13)16(22)26-2/h6,8-9,14-15H,4-5,7,10-11H2,1-3H3. The molecule has 2 unspecified atom stereocenters. The lowest BCUT2D eigenvalue weighted by Crippen LogP contribution is -2.44. The SMILES string of the molecule is COC(=O)c1cncc(C(=O)OCCOC(=O)C2CC(C(=O)OC)CN(C)C2)c1. The predicted octanol–water partition coefficient (Wildman–Crippen LogP) is 0.309. The number of nitrogens with zero attached hydrogens (tertiary/aromatic N) is 2. The predicted molar refractivity (Wildman–Crippen MR) is 97.9 cm³/mol. The number of piperidine rings is 1. The highest BCUT2D eigenvalue weighted by Gasteiger charge is 2.35. The zero-order chi connectivity index (χ0) is 21.4. The van der Waals surface area contributed by atoms with Crippen LogP contribution in [0.2, 0.25) is 0 Å². The van der Waals surface area contributed by atoms with Gasteiger partial charge in [0.05, 0.1) is 37.2 Å². The van der Waals surface area contributed by atoms with E-state index in [1.807, 2.05) is 11.9 Å². The second kappa shape index (κ2) is 10.5. The summed E-state index contributed by atoms with van der Waals surface area (Å²) >= 11 is 0. The van der Waals surface area contributed by atoms with Crippen LogP contribution >= 0.6 is 0 Å². The highest BCUT2D eigenvalue weighted by molar-refractivity contribution is 5.94. The number of aromatic nitrogens is 1. The second-order valence-corrected chi connectivity index (χ2v) is 6.63. The molecule has 0 bridgehead atoms. The third-order valence-corrected chi connectivity index (χ3v) is 4.46. The van der Waals surface area contributed by atoms with Gasteiger partial charge in [0.15, 0.2) is 0 Å². The van der Waals surface area contributed by atoms with E-state index in [-0.39, 0.29) is 36.2 Å². The molecule has 0 aromatic carbocycles. The first-order valence-electron chi connectivity index (χ1n) is 8.99. The Hall–Kier alpha value is -3.01. The van der Waals surface area contributed by atoms with Crippen molar-refractivity contribution in [3.8, 4) is 0 Å². The Balaban J connectivity index is 1.79. The molecule has 1 aliphatic heterocycles. The largest absolute Gasteiger partial charge is 0.469 e. The molecule has 2 heterocycles. The van der Waals surface area contributed by atoms with Gasteiger partial charge in [0.2, 0.25) is 0 Å². The zero-order valence-electron chi connectivity index (χ0n) is 16.6. The lowest BCUT2D eigenvalue weighted by atomic mass is 9.89. The van der Waals surface area contributed by atoms with Crippen LogP contribution in [0.1, 0.15) is 27.1 Å². The molecule has 0 N–H and O–H groups in total. The van der Waals surface area contributed by atoms with Gasteiger partial charge in [-0.1, -0.05) is 0 Å². The molecular weight excluding hydrogens is 384 g/mol. The average molecular weight is 408 g/mol. The molecule has 1 saturated heterocycles. The van der Waals surface area contributed by atoms with Crippen LogP contribution < -0.4 is 0 Å². The lowest BCUT2D eigenvalue weighted by molar-refractivity contribution is -0.156. The highest BCUT2D eigenvalue weighted by atomic mass is 16.6. The van der Waals surface area contributed by atoms with Gasteiger partial charge < -0.3 is 23.8 Å². The molecule has 158 valence electrons. The van der Waals surface area contributed by atoms with Crippen LogP contribution in [0.4, 0.5) is 0 Å². The van der Waals surface area contributed by atoms with E-state index in [0.29, 0.717) is 19.5 Å². The van der Waals surface area contributed by atoms with E-state index < -0.39 is 23.8 Å². The summed E-state index contributed by atoms with van der Waals surface area (Å²) < 4.78 is 19.5. The van der Waals surface area contributed by atoms with Crippen molar-refractivity contribution < 1.29 is 38.1 Å². The lowest BCUT2D eigenvalue weighted by Gasteiger charge is -2.32. The molecule has 0 aliphatic carbocycles. The van der Waals surface area contributed by atoms with Crippen molar-refractivity contribution in [1.82, 2.24) is 9.88 Å². The topological polar surface area (TPSA) is 121 Å². The number of hydrogen-bond acceptors (Lipinski definition) is 10. The van der Waals surface area contributed by atoms with Crippen LogP contribution in [-0.2, 0) is 28.5 Å². The van der Waals surface area contributed by atoms with E-state index in [2.05, 4.69) is 9.72 Å². The number of carbonyl (C=O) groups is 4. The van der Waals surface area contributed by atoms with Crippen molar-refractivity contribution >= 4 is 23.9 Å². The van der Waals surface area contributed by atoms with Gasteiger partial charge in [-0.15, -0.1) is 0 Å². The van der Waals surface area contributed by atoms with E-state index in [1.54, 1.807) is 0 Å². The van der Waals surface area contributed by atoms with Crippen LogP contribution in [0, 0.1) is 11.8 Å². The van der Waals surface area contributed by atoms with E-state index in [9.17, 15) is 19.2 Å². The second-order valence-electron chi connectivity index (χ2n) is 6.63. The van der Waals surface area contributed by atoms with Crippen molar-refractivity contribution in [2.45, 2.75) is 6.42 Å².